The number of ketones is 2. The lowest BCUT2D eigenvalue weighted by Gasteiger charge is -2.62. The van der Waals surface area contributed by atoms with Gasteiger partial charge in [-0.15, -0.1) is 0 Å². The van der Waals surface area contributed by atoms with E-state index in [9.17, 15) is 9.59 Å². The average molecular weight is 316 g/mol. The van der Waals surface area contributed by atoms with E-state index in [1.807, 2.05) is 0 Å². The van der Waals surface area contributed by atoms with Crippen LogP contribution in [0.1, 0.15) is 85.0 Å². The first kappa shape index (κ1) is 15.8. The van der Waals surface area contributed by atoms with E-state index in [2.05, 4.69) is 20.8 Å². The Bertz CT molecular complexity index is 552. The quantitative estimate of drug-likeness (QED) is 0.634. The minimum atomic E-state index is -0.0293. The lowest BCUT2D eigenvalue weighted by molar-refractivity contribution is -0.152. The third kappa shape index (κ3) is 2.05. The van der Waals surface area contributed by atoms with Crippen molar-refractivity contribution in [3.8, 4) is 0 Å². The van der Waals surface area contributed by atoms with Gasteiger partial charge in [-0.05, 0) is 73.5 Å². The summed E-state index contributed by atoms with van der Waals surface area (Å²) in [5.41, 5.74) is 0.542. The van der Waals surface area contributed by atoms with Gasteiger partial charge in [-0.3, -0.25) is 9.59 Å². The zero-order valence-corrected chi connectivity index (χ0v) is 15.1. The minimum absolute atomic E-state index is 0.0293. The van der Waals surface area contributed by atoms with E-state index < -0.39 is 0 Å². The van der Waals surface area contributed by atoms with Crippen LogP contribution in [-0.2, 0) is 9.59 Å². The van der Waals surface area contributed by atoms with Crippen molar-refractivity contribution in [3.05, 3.63) is 0 Å². The molecule has 2 nitrogen and oxygen atoms in total. The summed E-state index contributed by atoms with van der Waals surface area (Å²) in [7, 11) is 0. The van der Waals surface area contributed by atoms with Crippen LogP contribution in [0.4, 0.5) is 0 Å². The zero-order valence-electron chi connectivity index (χ0n) is 15.1. The van der Waals surface area contributed by atoms with Crippen LogP contribution in [0.2, 0.25) is 0 Å². The number of hydrogen-bond donors (Lipinski definition) is 0. The van der Waals surface area contributed by atoms with Crippen LogP contribution in [0.3, 0.4) is 0 Å². The molecular formula is C21H32O2. The largest absolute Gasteiger partial charge is 0.300 e. The highest BCUT2D eigenvalue weighted by atomic mass is 16.1. The molecule has 0 heterocycles. The molecule has 4 unspecified atom stereocenters. The number of Topliss-reactive ketones (excluding diaryl/α,β-unsaturated/α-hetero) is 2. The molecule has 4 aliphatic carbocycles. The van der Waals surface area contributed by atoms with Crippen LogP contribution in [0.15, 0.2) is 0 Å². The van der Waals surface area contributed by atoms with Gasteiger partial charge in [0.1, 0.15) is 11.6 Å². The van der Waals surface area contributed by atoms with Gasteiger partial charge >= 0.3 is 0 Å². The number of hydrogen-bond acceptors (Lipinski definition) is 2. The monoisotopic (exact) mass is 316 g/mol. The van der Waals surface area contributed by atoms with Crippen LogP contribution in [0.5, 0.6) is 0 Å². The fourth-order valence-corrected chi connectivity index (χ4v) is 7.59. The summed E-state index contributed by atoms with van der Waals surface area (Å²) >= 11 is 0. The summed E-state index contributed by atoms with van der Waals surface area (Å²) in [5, 5.41) is 0. The topological polar surface area (TPSA) is 34.1 Å². The maximum atomic E-state index is 12.5. The van der Waals surface area contributed by atoms with Gasteiger partial charge in [0.25, 0.3) is 0 Å². The Morgan fingerprint density at radius 2 is 1.65 bits per heavy atom. The van der Waals surface area contributed by atoms with Crippen molar-refractivity contribution in [2.75, 3.05) is 0 Å². The van der Waals surface area contributed by atoms with Crippen molar-refractivity contribution >= 4 is 11.6 Å². The van der Waals surface area contributed by atoms with E-state index in [1.165, 1.54) is 25.7 Å². The molecule has 4 fully saturated rings. The third-order valence-corrected chi connectivity index (χ3v) is 8.87. The lowest BCUT2D eigenvalue weighted by Crippen LogP contribution is -2.56. The molecule has 0 saturated heterocycles. The summed E-state index contributed by atoms with van der Waals surface area (Å²) in [6.07, 6.45) is 10.6. The number of fused-ring (bicyclic) bond motifs is 5. The predicted octanol–water partition coefficient (Wildman–Crippen LogP) is 4.95. The highest BCUT2D eigenvalue weighted by molar-refractivity contribution is 5.87. The molecule has 0 aromatic heterocycles. The van der Waals surface area contributed by atoms with Gasteiger partial charge in [0.05, 0.1) is 0 Å². The first-order valence-electron chi connectivity index (χ1n) is 9.85. The summed E-state index contributed by atoms with van der Waals surface area (Å²) in [4.78, 5) is 24.7. The second kappa shape index (κ2) is 4.92. The molecule has 4 saturated carbocycles. The Hall–Kier alpha value is -0.660. The number of rotatable bonds is 0. The van der Waals surface area contributed by atoms with Crippen LogP contribution < -0.4 is 0 Å². The molecular weight excluding hydrogens is 284 g/mol. The molecule has 23 heavy (non-hydrogen) atoms. The summed E-state index contributed by atoms with van der Waals surface area (Å²) in [6, 6.07) is 0. The average Bonchev–Trinajstić information content (AvgIpc) is 2.68. The zero-order chi connectivity index (χ0) is 16.5. The fourth-order valence-electron chi connectivity index (χ4n) is 7.59. The van der Waals surface area contributed by atoms with Gasteiger partial charge in [-0.2, -0.15) is 0 Å². The molecule has 0 amide bonds. The molecule has 128 valence electrons. The lowest BCUT2D eigenvalue weighted by atomic mass is 9.42. The molecule has 0 aliphatic heterocycles. The van der Waals surface area contributed by atoms with Crippen LogP contribution in [-0.4, -0.2) is 11.6 Å². The van der Waals surface area contributed by atoms with Crippen molar-refractivity contribution in [1.82, 2.24) is 0 Å². The van der Waals surface area contributed by atoms with Crippen molar-refractivity contribution in [3.63, 3.8) is 0 Å². The van der Waals surface area contributed by atoms with E-state index in [4.69, 9.17) is 0 Å². The van der Waals surface area contributed by atoms with E-state index in [-0.39, 0.29) is 10.8 Å². The summed E-state index contributed by atoms with van der Waals surface area (Å²) in [5.74, 6) is 3.03. The molecule has 2 heteroatoms. The maximum Gasteiger partial charge on any atom is 0.139 e. The van der Waals surface area contributed by atoms with Gasteiger partial charge in [0.2, 0.25) is 0 Å². The van der Waals surface area contributed by atoms with Crippen LogP contribution in [0, 0.1) is 34.0 Å². The van der Waals surface area contributed by atoms with Gasteiger partial charge in [-0.1, -0.05) is 20.8 Å². The molecule has 0 spiro atoms. The Labute approximate surface area is 140 Å². The Balaban J connectivity index is 1.71. The first-order chi connectivity index (χ1) is 10.8. The molecule has 0 radical (unpaired) electrons. The molecule has 0 N–H and O–H groups in total. The first-order valence-corrected chi connectivity index (χ1v) is 9.85. The van der Waals surface area contributed by atoms with Gasteiger partial charge < -0.3 is 0 Å². The van der Waals surface area contributed by atoms with Crippen molar-refractivity contribution < 1.29 is 9.59 Å². The number of carbonyl (C=O) groups is 2. The Morgan fingerprint density at radius 1 is 0.870 bits per heavy atom. The molecule has 0 bridgehead atoms. The molecule has 0 aromatic carbocycles. The van der Waals surface area contributed by atoms with Crippen molar-refractivity contribution in [1.29, 1.82) is 0 Å². The van der Waals surface area contributed by atoms with E-state index in [1.54, 1.807) is 0 Å². The van der Waals surface area contributed by atoms with E-state index in [0.29, 0.717) is 34.7 Å². The normalized spacial score (nSPS) is 53.3. The summed E-state index contributed by atoms with van der Waals surface area (Å²) in [6.45, 7) is 7.19. The molecule has 4 aliphatic rings. The Kier molecular flexibility index (Phi) is 3.39. The fraction of sp³-hybridized carbons (Fsp3) is 0.905. The van der Waals surface area contributed by atoms with Gasteiger partial charge in [0, 0.05) is 24.7 Å². The van der Waals surface area contributed by atoms with E-state index in [0.717, 1.165) is 38.5 Å². The van der Waals surface area contributed by atoms with Crippen LogP contribution >= 0.6 is 0 Å². The second-order valence-corrected chi connectivity index (χ2v) is 9.95. The minimum Gasteiger partial charge on any atom is -0.300 e. The maximum absolute atomic E-state index is 12.5. The highest BCUT2D eigenvalue weighted by Crippen LogP contribution is 2.68. The van der Waals surface area contributed by atoms with Crippen molar-refractivity contribution in [2.45, 2.75) is 85.0 Å². The standard InChI is InChI=1S/C21H32O2/c1-19-10-9-16-15-7-8-18(23)21(15,3)12-11-20(16,2)17(19)6-4-5-14(22)13-19/h15-17H,4-13H2,1-3H3/t15?,16-,17?,19?,20-,21?/m0/s1. The van der Waals surface area contributed by atoms with Crippen molar-refractivity contribution in [2.24, 2.45) is 34.0 Å². The Morgan fingerprint density at radius 3 is 2.43 bits per heavy atom. The molecule has 6 atom stereocenters. The van der Waals surface area contributed by atoms with Gasteiger partial charge in [0.15, 0.2) is 0 Å². The SMILES string of the molecule is CC12CC[C@H]3C4CCC(=O)C4(C)CC[C@]3(C)C1CCCC(=O)C2. The third-order valence-electron chi connectivity index (χ3n) is 8.87. The number of carbonyl (C=O) groups excluding carboxylic acids is 2. The van der Waals surface area contributed by atoms with Gasteiger partial charge in [-0.25, -0.2) is 0 Å². The predicted molar refractivity (Wildman–Crippen MR) is 91.0 cm³/mol. The highest BCUT2D eigenvalue weighted by Gasteiger charge is 2.63. The molecule has 4 rings (SSSR count). The summed E-state index contributed by atoms with van der Waals surface area (Å²) < 4.78 is 0. The van der Waals surface area contributed by atoms with E-state index >= 15 is 0 Å². The van der Waals surface area contributed by atoms with Crippen LogP contribution in [0.25, 0.3) is 0 Å². The smallest absolute Gasteiger partial charge is 0.139 e. The second-order valence-electron chi connectivity index (χ2n) is 9.95. The molecule has 0 aromatic rings.